The number of hydrogen-bond acceptors (Lipinski definition) is 5. The van der Waals surface area contributed by atoms with Crippen LogP contribution < -0.4 is 10.2 Å². The topological polar surface area (TPSA) is 99.5 Å². The molecule has 7 heteroatoms. The lowest BCUT2D eigenvalue weighted by molar-refractivity contribution is -0.142. The summed E-state index contributed by atoms with van der Waals surface area (Å²) < 4.78 is 4.94. The molecule has 28 heavy (non-hydrogen) atoms. The summed E-state index contributed by atoms with van der Waals surface area (Å²) in [6, 6.07) is 8.76. The molecule has 0 saturated heterocycles. The Kier molecular flexibility index (Phi) is 6.09. The van der Waals surface area contributed by atoms with Crippen LogP contribution in [0, 0.1) is 11.3 Å². The molecule has 1 aliphatic heterocycles. The lowest BCUT2D eigenvalue weighted by Gasteiger charge is -2.22. The maximum absolute atomic E-state index is 13.0. The summed E-state index contributed by atoms with van der Waals surface area (Å²) in [5, 5.41) is 12.5. The largest absolute Gasteiger partial charge is 0.465 e. The average molecular weight is 381 g/mol. The molecule has 1 fully saturated rings. The van der Waals surface area contributed by atoms with Crippen molar-refractivity contribution in [1.82, 2.24) is 5.32 Å². The minimum atomic E-state index is -0.544. The van der Waals surface area contributed by atoms with Gasteiger partial charge in [0, 0.05) is 11.6 Å². The van der Waals surface area contributed by atoms with Gasteiger partial charge in [-0.3, -0.25) is 19.3 Å². The highest BCUT2D eigenvalue weighted by molar-refractivity contribution is 6.37. The fraction of sp³-hybridized carbons (Fsp3) is 0.429. The highest BCUT2D eigenvalue weighted by Crippen LogP contribution is 2.38. The first-order chi connectivity index (χ1) is 13.6. The van der Waals surface area contributed by atoms with Crippen molar-refractivity contribution in [3.05, 3.63) is 35.4 Å². The molecule has 0 spiro atoms. The molecule has 0 unspecified atom stereocenters. The van der Waals surface area contributed by atoms with Crippen LogP contribution in [0.1, 0.15) is 44.6 Å². The fourth-order valence-corrected chi connectivity index (χ4v) is 3.74. The first-order valence-corrected chi connectivity index (χ1v) is 9.59. The van der Waals surface area contributed by atoms with Crippen molar-refractivity contribution in [3.63, 3.8) is 0 Å². The molecule has 0 bridgehead atoms. The molecule has 146 valence electrons. The van der Waals surface area contributed by atoms with Crippen LogP contribution >= 0.6 is 0 Å². The number of nitrogens with zero attached hydrogens (tertiary/aromatic N) is 2. The Bertz CT molecular complexity index is 863. The van der Waals surface area contributed by atoms with Gasteiger partial charge in [-0.25, -0.2) is 0 Å². The van der Waals surface area contributed by atoms with Crippen LogP contribution in [0.25, 0.3) is 5.57 Å². The van der Waals surface area contributed by atoms with Gasteiger partial charge in [-0.15, -0.1) is 0 Å². The highest BCUT2D eigenvalue weighted by Gasteiger charge is 2.37. The van der Waals surface area contributed by atoms with Gasteiger partial charge in [0.05, 0.1) is 17.9 Å². The van der Waals surface area contributed by atoms with Crippen molar-refractivity contribution in [2.75, 3.05) is 18.1 Å². The number of rotatable bonds is 5. The van der Waals surface area contributed by atoms with Crippen molar-refractivity contribution in [1.29, 1.82) is 5.26 Å². The van der Waals surface area contributed by atoms with Gasteiger partial charge < -0.3 is 10.1 Å². The van der Waals surface area contributed by atoms with E-state index in [1.807, 2.05) is 6.07 Å². The second kappa shape index (κ2) is 8.70. The van der Waals surface area contributed by atoms with Gasteiger partial charge in [0.2, 0.25) is 0 Å². The molecule has 3 rings (SSSR count). The molecule has 0 atom stereocenters. The number of nitriles is 1. The zero-order valence-corrected chi connectivity index (χ0v) is 15.9. The molecule has 0 aromatic heterocycles. The van der Waals surface area contributed by atoms with E-state index in [-0.39, 0.29) is 30.3 Å². The number of nitrogens with one attached hydrogen (secondary N) is 1. The van der Waals surface area contributed by atoms with Crippen molar-refractivity contribution >= 4 is 29.0 Å². The Balaban J connectivity index is 1.94. The maximum atomic E-state index is 13.0. The summed E-state index contributed by atoms with van der Waals surface area (Å²) in [6.07, 6.45) is 4.98. The Morgan fingerprint density at radius 3 is 2.64 bits per heavy atom. The van der Waals surface area contributed by atoms with Gasteiger partial charge in [0.1, 0.15) is 18.2 Å². The SMILES string of the molecule is CCOC(=O)CN1C(=O)/C(=C(\C#N)C(=O)NC2CCCCC2)c2ccccc21. The van der Waals surface area contributed by atoms with Crippen LogP contribution in [0.4, 0.5) is 5.69 Å². The average Bonchev–Trinajstić information content (AvgIpc) is 2.96. The predicted octanol–water partition coefficient (Wildman–Crippen LogP) is 2.32. The van der Waals surface area contributed by atoms with E-state index in [0.29, 0.717) is 11.3 Å². The number of benzene rings is 1. The molecule has 2 aliphatic rings. The molecule has 2 amide bonds. The van der Waals surface area contributed by atoms with Gasteiger partial charge in [0.15, 0.2) is 0 Å². The van der Waals surface area contributed by atoms with Crippen LogP contribution in [0.5, 0.6) is 0 Å². The van der Waals surface area contributed by atoms with Gasteiger partial charge in [-0.05, 0) is 25.8 Å². The zero-order valence-electron chi connectivity index (χ0n) is 15.9. The summed E-state index contributed by atoms with van der Waals surface area (Å²) in [4.78, 5) is 39.0. The number of carbonyl (C=O) groups is 3. The Morgan fingerprint density at radius 2 is 1.96 bits per heavy atom. The number of esters is 1. The summed E-state index contributed by atoms with van der Waals surface area (Å²) in [7, 11) is 0. The van der Waals surface area contributed by atoms with Crippen molar-refractivity contribution in [2.45, 2.75) is 45.1 Å². The molecule has 1 aromatic carbocycles. The number of anilines is 1. The van der Waals surface area contributed by atoms with Gasteiger partial charge in [0.25, 0.3) is 11.8 Å². The number of amides is 2. The van der Waals surface area contributed by atoms with Crippen molar-refractivity contribution < 1.29 is 19.1 Å². The van der Waals surface area contributed by atoms with Crippen LogP contribution in [0.2, 0.25) is 0 Å². The number of carbonyl (C=O) groups excluding carboxylic acids is 3. The second-order valence-corrected chi connectivity index (χ2v) is 6.88. The predicted molar refractivity (Wildman–Crippen MR) is 103 cm³/mol. The van der Waals surface area contributed by atoms with Gasteiger partial charge in [-0.1, -0.05) is 37.5 Å². The van der Waals surface area contributed by atoms with E-state index in [1.54, 1.807) is 31.2 Å². The molecular weight excluding hydrogens is 358 g/mol. The first-order valence-electron chi connectivity index (χ1n) is 9.59. The number of ether oxygens (including phenoxy) is 1. The van der Waals surface area contributed by atoms with E-state index >= 15 is 0 Å². The van der Waals surface area contributed by atoms with E-state index in [1.165, 1.54) is 4.90 Å². The number of para-hydroxylation sites is 1. The molecule has 1 aromatic rings. The Hall–Kier alpha value is -3.14. The van der Waals surface area contributed by atoms with Crippen LogP contribution in [-0.4, -0.2) is 37.0 Å². The molecule has 7 nitrogen and oxygen atoms in total. The minimum absolute atomic E-state index is 0.0209. The molecule has 1 heterocycles. The molecule has 1 saturated carbocycles. The first kappa shape index (κ1) is 19.6. The van der Waals surface area contributed by atoms with E-state index in [2.05, 4.69) is 5.32 Å². The summed E-state index contributed by atoms with van der Waals surface area (Å²) in [5.74, 6) is -1.62. The third-order valence-corrected chi connectivity index (χ3v) is 5.04. The molecule has 1 aliphatic carbocycles. The Morgan fingerprint density at radius 1 is 1.25 bits per heavy atom. The summed E-state index contributed by atoms with van der Waals surface area (Å²) >= 11 is 0. The van der Waals surface area contributed by atoms with Crippen LogP contribution in [0.15, 0.2) is 29.8 Å². The third-order valence-electron chi connectivity index (χ3n) is 5.04. The minimum Gasteiger partial charge on any atom is -0.465 e. The monoisotopic (exact) mass is 381 g/mol. The number of fused-ring (bicyclic) bond motifs is 1. The maximum Gasteiger partial charge on any atom is 0.326 e. The Labute approximate surface area is 164 Å². The molecule has 1 N–H and O–H groups in total. The van der Waals surface area contributed by atoms with Crippen LogP contribution in [-0.2, 0) is 19.1 Å². The van der Waals surface area contributed by atoms with E-state index in [4.69, 9.17) is 4.74 Å². The highest BCUT2D eigenvalue weighted by atomic mass is 16.5. The van der Waals surface area contributed by atoms with Crippen LogP contribution in [0.3, 0.4) is 0 Å². The van der Waals surface area contributed by atoms with E-state index in [0.717, 1.165) is 32.1 Å². The number of hydrogen-bond donors (Lipinski definition) is 1. The lowest BCUT2D eigenvalue weighted by atomic mass is 9.94. The summed E-state index contributed by atoms with van der Waals surface area (Å²) in [6.45, 7) is 1.63. The molecular formula is C21H23N3O4. The second-order valence-electron chi connectivity index (χ2n) is 6.88. The third kappa shape index (κ3) is 3.91. The summed E-state index contributed by atoms with van der Waals surface area (Å²) in [5.41, 5.74) is 0.797. The van der Waals surface area contributed by atoms with Crippen molar-refractivity contribution in [2.24, 2.45) is 0 Å². The quantitative estimate of drug-likeness (QED) is 0.479. The van der Waals surface area contributed by atoms with Gasteiger partial charge in [-0.2, -0.15) is 5.26 Å². The van der Waals surface area contributed by atoms with Gasteiger partial charge >= 0.3 is 5.97 Å². The molecule has 0 radical (unpaired) electrons. The smallest absolute Gasteiger partial charge is 0.326 e. The normalized spacial score (nSPS) is 18.3. The van der Waals surface area contributed by atoms with E-state index < -0.39 is 17.8 Å². The van der Waals surface area contributed by atoms with E-state index in [9.17, 15) is 19.6 Å². The fourth-order valence-electron chi connectivity index (χ4n) is 3.74. The standard InChI is InChI=1S/C21H23N3O4/c1-2-28-18(25)13-24-17-11-7-6-10-15(17)19(21(24)27)16(12-22)20(26)23-14-8-4-3-5-9-14/h6-7,10-11,14H,2-5,8-9,13H2,1H3,(H,23,26)/b19-16+. The lowest BCUT2D eigenvalue weighted by Crippen LogP contribution is -2.38. The zero-order chi connectivity index (χ0) is 20.1. The van der Waals surface area contributed by atoms with Crippen molar-refractivity contribution in [3.8, 4) is 6.07 Å².